The van der Waals surface area contributed by atoms with Crippen LogP contribution >= 0.6 is 23.4 Å². The number of rotatable bonds is 6. The molecular formula is C18H23ClN4O4S. The number of nitrogens with one attached hydrogen (secondary N) is 2. The Labute approximate surface area is 172 Å². The summed E-state index contributed by atoms with van der Waals surface area (Å²) in [6.45, 7) is 3.87. The largest absolute Gasteiger partial charge is 0.378 e. The second-order valence-corrected chi connectivity index (χ2v) is 7.86. The minimum atomic E-state index is -0.194. The number of hydrogen-bond acceptors (Lipinski definition) is 6. The molecule has 3 amide bonds. The van der Waals surface area contributed by atoms with Crippen molar-refractivity contribution in [2.75, 3.05) is 67.7 Å². The molecule has 2 fully saturated rings. The smallest absolute Gasteiger partial charge is 0.239 e. The Kier molecular flexibility index (Phi) is 7.41. The van der Waals surface area contributed by atoms with Gasteiger partial charge < -0.3 is 25.2 Å². The van der Waals surface area contributed by atoms with Crippen LogP contribution in [0, 0.1) is 0 Å². The van der Waals surface area contributed by atoms with E-state index in [1.807, 2.05) is 4.90 Å². The summed E-state index contributed by atoms with van der Waals surface area (Å²) in [7, 11) is 0. The highest BCUT2D eigenvalue weighted by Gasteiger charge is 2.19. The number of ether oxygens (including phenoxy) is 1. The molecule has 2 saturated heterocycles. The number of morpholine rings is 1. The molecule has 0 radical (unpaired) electrons. The number of carbonyl (C=O) groups excluding carboxylic acids is 3. The lowest BCUT2D eigenvalue weighted by Crippen LogP contribution is -2.47. The molecule has 1 aromatic rings. The highest BCUT2D eigenvalue weighted by Crippen LogP contribution is 2.29. The minimum Gasteiger partial charge on any atom is -0.378 e. The van der Waals surface area contributed by atoms with Crippen molar-refractivity contribution in [1.29, 1.82) is 0 Å². The number of benzene rings is 1. The average molecular weight is 427 g/mol. The van der Waals surface area contributed by atoms with Gasteiger partial charge in [-0.2, -0.15) is 0 Å². The van der Waals surface area contributed by atoms with Crippen LogP contribution in [0.3, 0.4) is 0 Å². The van der Waals surface area contributed by atoms with Crippen molar-refractivity contribution in [2.24, 2.45) is 0 Å². The highest BCUT2D eigenvalue weighted by molar-refractivity contribution is 8.00. The van der Waals surface area contributed by atoms with E-state index in [0.29, 0.717) is 50.1 Å². The van der Waals surface area contributed by atoms with Crippen molar-refractivity contribution in [1.82, 2.24) is 10.2 Å². The van der Waals surface area contributed by atoms with Gasteiger partial charge in [0.15, 0.2) is 0 Å². The molecule has 2 aliphatic rings. The summed E-state index contributed by atoms with van der Waals surface area (Å²) < 4.78 is 5.22. The fourth-order valence-electron chi connectivity index (χ4n) is 3.02. The van der Waals surface area contributed by atoms with Gasteiger partial charge in [-0.05, 0) is 18.2 Å². The Balaban J connectivity index is 1.45. The van der Waals surface area contributed by atoms with E-state index < -0.39 is 0 Å². The molecule has 1 aromatic carbocycles. The SMILES string of the molecule is O=C1CN(c2ccc(NC(=O)CSCC(=O)N3CCOCC3)cc2Cl)CCN1. The number of amides is 3. The Hall–Kier alpha value is -1.97. The molecule has 0 saturated carbocycles. The second-order valence-electron chi connectivity index (χ2n) is 6.47. The fourth-order valence-corrected chi connectivity index (χ4v) is 4.03. The number of hydrogen-bond donors (Lipinski definition) is 2. The third-order valence-corrected chi connectivity index (χ3v) is 5.65. The zero-order valence-electron chi connectivity index (χ0n) is 15.4. The van der Waals surface area contributed by atoms with Crippen LogP contribution in [0.2, 0.25) is 5.02 Å². The predicted molar refractivity (Wildman–Crippen MR) is 110 cm³/mol. The molecule has 8 nitrogen and oxygen atoms in total. The molecule has 0 spiro atoms. The number of carbonyl (C=O) groups is 3. The lowest BCUT2D eigenvalue weighted by Gasteiger charge is -2.29. The molecule has 0 atom stereocenters. The summed E-state index contributed by atoms with van der Waals surface area (Å²) in [6, 6.07) is 5.23. The summed E-state index contributed by atoms with van der Waals surface area (Å²) in [5.74, 6) is 0.245. The first-order chi connectivity index (χ1) is 13.5. The molecule has 2 aliphatic heterocycles. The molecule has 152 valence electrons. The van der Waals surface area contributed by atoms with Crippen LogP contribution < -0.4 is 15.5 Å². The molecule has 3 rings (SSSR count). The van der Waals surface area contributed by atoms with Crippen LogP contribution in [0.1, 0.15) is 0 Å². The normalized spacial score (nSPS) is 17.2. The molecule has 0 aliphatic carbocycles. The van der Waals surface area contributed by atoms with Gasteiger partial charge in [0.2, 0.25) is 17.7 Å². The summed E-state index contributed by atoms with van der Waals surface area (Å²) in [4.78, 5) is 39.4. The zero-order chi connectivity index (χ0) is 19.9. The predicted octanol–water partition coefficient (Wildman–Crippen LogP) is 0.807. The number of thioether (sulfide) groups is 1. The van der Waals surface area contributed by atoms with Gasteiger partial charge in [0.25, 0.3) is 0 Å². The number of piperazine rings is 1. The van der Waals surface area contributed by atoms with Gasteiger partial charge in [0, 0.05) is 31.9 Å². The maximum absolute atomic E-state index is 12.1. The van der Waals surface area contributed by atoms with Crippen molar-refractivity contribution in [3.8, 4) is 0 Å². The summed E-state index contributed by atoms with van der Waals surface area (Å²) in [5.41, 5.74) is 1.35. The quantitative estimate of drug-likeness (QED) is 0.699. The van der Waals surface area contributed by atoms with Crippen molar-refractivity contribution < 1.29 is 19.1 Å². The standard InChI is InChI=1S/C18H23ClN4O4S/c19-14-9-13(1-2-15(14)23-4-3-20-16(24)10-23)21-17(25)11-28-12-18(26)22-5-7-27-8-6-22/h1-2,9H,3-8,10-12H2,(H,20,24)(H,21,25). The monoisotopic (exact) mass is 426 g/mol. The van der Waals surface area contributed by atoms with Crippen LogP contribution in [-0.2, 0) is 19.1 Å². The maximum Gasteiger partial charge on any atom is 0.239 e. The number of halogens is 1. The fraction of sp³-hybridized carbons (Fsp3) is 0.500. The third-order valence-electron chi connectivity index (χ3n) is 4.43. The Morgan fingerprint density at radius 2 is 2.00 bits per heavy atom. The maximum atomic E-state index is 12.1. The van der Waals surface area contributed by atoms with Crippen LogP contribution in [0.5, 0.6) is 0 Å². The molecule has 10 heteroatoms. The van der Waals surface area contributed by atoms with Crippen LogP contribution in [0.15, 0.2) is 18.2 Å². The van der Waals surface area contributed by atoms with E-state index in [9.17, 15) is 14.4 Å². The van der Waals surface area contributed by atoms with Crippen molar-refractivity contribution in [3.05, 3.63) is 23.2 Å². The minimum absolute atomic E-state index is 0.0269. The topological polar surface area (TPSA) is 91.0 Å². The molecule has 28 heavy (non-hydrogen) atoms. The molecule has 0 aromatic heterocycles. The van der Waals surface area contributed by atoms with E-state index in [1.54, 1.807) is 23.1 Å². The van der Waals surface area contributed by atoms with Crippen molar-refractivity contribution >= 4 is 52.5 Å². The second kappa shape index (κ2) is 9.99. The van der Waals surface area contributed by atoms with Crippen molar-refractivity contribution in [2.45, 2.75) is 0 Å². The molecular weight excluding hydrogens is 404 g/mol. The van der Waals surface area contributed by atoms with Crippen molar-refractivity contribution in [3.63, 3.8) is 0 Å². The van der Waals surface area contributed by atoms with E-state index in [-0.39, 0.29) is 35.8 Å². The van der Waals surface area contributed by atoms with Gasteiger partial charge >= 0.3 is 0 Å². The van der Waals surface area contributed by atoms with Crippen LogP contribution in [-0.4, -0.2) is 80.1 Å². The van der Waals surface area contributed by atoms with Gasteiger partial charge in [0.05, 0.1) is 42.0 Å². The molecule has 0 unspecified atom stereocenters. The van der Waals surface area contributed by atoms with E-state index in [4.69, 9.17) is 16.3 Å². The molecule has 2 N–H and O–H groups in total. The van der Waals surface area contributed by atoms with Crippen LogP contribution in [0.25, 0.3) is 0 Å². The average Bonchev–Trinajstić information content (AvgIpc) is 2.68. The van der Waals surface area contributed by atoms with Gasteiger partial charge in [0.1, 0.15) is 0 Å². The van der Waals surface area contributed by atoms with Gasteiger partial charge in [-0.3, -0.25) is 14.4 Å². The highest BCUT2D eigenvalue weighted by atomic mass is 35.5. The number of nitrogens with zero attached hydrogens (tertiary/aromatic N) is 2. The zero-order valence-corrected chi connectivity index (χ0v) is 17.0. The van der Waals surface area contributed by atoms with Gasteiger partial charge in [-0.25, -0.2) is 0 Å². The van der Waals surface area contributed by atoms with Gasteiger partial charge in [-0.15, -0.1) is 11.8 Å². The summed E-state index contributed by atoms with van der Waals surface area (Å²) >= 11 is 7.62. The first-order valence-corrected chi connectivity index (χ1v) is 10.6. The van der Waals surface area contributed by atoms with E-state index in [2.05, 4.69) is 10.6 Å². The van der Waals surface area contributed by atoms with E-state index in [1.165, 1.54) is 11.8 Å². The first-order valence-electron chi connectivity index (χ1n) is 9.07. The first kappa shape index (κ1) is 20.8. The molecule has 2 heterocycles. The Bertz CT molecular complexity index is 742. The number of anilines is 2. The third kappa shape index (κ3) is 5.76. The Morgan fingerprint density at radius 1 is 1.21 bits per heavy atom. The van der Waals surface area contributed by atoms with Crippen LogP contribution in [0.4, 0.5) is 11.4 Å². The molecule has 0 bridgehead atoms. The lowest BCUT2D eigenvalue weighted by molar-refractivity contribution is -0.132. The summed E-state index contributed by atoms with van der Waals surface area (Å²) in [6.07, 6.45) is 0. The summed E-state index contributed by atoms with van der Waals surface area (Å²) in [5, 5.41) is 6.03. The lowest BCUT2D eigenvalue weighted by atomic mass is 10.2. The van der Waals surface area contributed by atoms with Gasteiger partial charge in [-0.1, -0.05) is 11.6 Å². The van der Waals surface area contributed by atoms with E-state index in [0.717, 1.165) is 5.69 Å². The Morgan fingerprint density at radius 3 is 2.71 bits per heavy atom. The van der Waals surface area contributed by atoms with E-state index >= 15 is 0 Å².